The quantitative estimate of drug-likeness (QED) is 0.543. The van der Waals surface area contributed by atoms with Crippen LogP contribution in [0.1, 0.15) is 12.5 Å². The molecule has 0 saturated carbocycles. The number of aromatic nitrogens is 2. The van der Waals surface area contributed by atoms with Crippen LogP contribution < -0.4 is 5.69 Å². The molecule has 0 unspecified atom stereocenters. The lowest BCUT2D eigenvalue weighted by molar-refractivity contribution is -0.137. The summed E-state index contributed by atoms with van der Waals surface area (Å²) in [6, 6.07) is 10.8. The van der Waals surface area contributed by atoms with Crippen LogP contribution in [0.4, 0.5) is 13.2 Å². The molecular formula is C22H23F3N4O4S. The van der Waals surface area contributed by atoms with Crippen LogP contribution >= 0.6 is 0 Å². The first-order valence-electron chi connectivity index (χ1n) is 10.7. The molecule has 0 radical (unpaired) electrons. The van der Waals surface area contributed by atoms with Gasteiger partial charge in [-0.25, -0.2) is 13.2 Å². The van der Waals surface area contributed by atoms with Crippen LogP contribution in [-0.4, -0.2) is 58.8 Å². The van der Waals surface area contributed by atoms with Gasteiger partial charge in [0.1, 0.15) is 6.54 Å². The number of para-hydroxylation sites is 2. The summed E-state index contributed by atoms with van der Waals surface area (Å²) in [5.74, 6) is -0.336. The van der Waals surface area contributed by atoms with Gasteiger partial charge in [0.25, 0.3) is 0 Å². The van der Waals surface area contributed by atoms with E-state index in [-0.39, 0.29) is 44.3 Å². The number of aryl methyl sites for hydroxylation is 1. The molecule has 8 nitrogen and oxygen atoms in total. The number of hydrogen-bond donors (Lipinski definition) is 0. The first kappa shape index (κ1) is 24.0. The number of halogens is 3. The molecule has 1 aliphatic heterocycles. The number of sulfonamides is 1. The maximum Gasteiger partial charge on any atom is 0.416 e. The van der Waals surface area contributed by atoms with Gasteiger partial charge in [0.05, 0.1) is 21.5 Å². The van der Waals surface area contributed by atoms with Gasteiger partial charge >= 0.3 is 11.9 Å². The minimum Gasteiger partial charge on any atom is -0.338 e. The Hall–Kier alpha value is -3.12. The molecular weight excluding hydrogens is 473 g/mol. The highest BCUT2D eigenvalue weighted by Gasteiger charge is 2.34. The second-order valence-corrected chi connectivity index (χ2v) is 9.85. The van der Waals surface area contributed by atoms with Crippen molar-refractivity contribution in [3.05, 3.63) is 64.6 Å². The lowest BCUT2D eigenvalue weighted by Gasteiger charge is -2.34. The van der Waals surface area contributed by atoms with Crippen molar-refractivity contribution in [3.63, 3.8) is 0 Å². The van der Waals surface area contributed by atoms with Gasteiger partial charge < -0.3 is 4.90 Å². The molecule has 1 fully saturated rings. The highest BCUT2D eigenvalue weighted by Crippen LogP contribution is 2.31. The topological polar surface area (TPSA) is 84.6 Å². The van der Waals surface area contributed by atoms with Gasteiger partial charge in [-0.15, -0.1) is 0 Å². The number of fused-ring (bicyclic) bond motifs is 1. The summed E-state index contributed by atoms with van der Waals surface area (Å²) < 4.78 is 68.7. The molecule has 0 aliphatic carbocycles. The van der Waals surface area contributed by atoms with Crippen LogP contribution in [0.2, 0.25) is 0 Å². The molecule has 4 rings (SSSR count). The van der Waals surface area contributed by atoms with Crippen molar-refractivity contribution < 1.29 is 26.4 Å². The van der Waals surface area contributed by atoms with Crippen molar-refractivity contribution >= 4 is 27.0 Å². The zero-order valence-electron chi connectivity index (χ0n) is 18.3. The predicted molar refractivity (Wildman–Crippen MR) is 119 cm³/mol. The Balaban J connectivity index is 1.48. The van der Waals surface area contributed by atoms with Gasteiger partial charge in [-0.05, 0) is 37.3 Å². The highest BCUT2D eigenvalue weighted by atomic mass is 32.2. The largest absolute Gasteiger partial charge is 0.416 e. The second kappa shape index (κ2) is 8.91. The number of nitrogens with zero attached hydrogens (tertiary/aromatic N) is 4. The molecule has 34 heavy (non-hydrogen) atoms. The third kappa shape index (κ3) is 4.34. The van der Waals surface area contributed by atoms with Gasteiger partial charge in [0.2, 0.25) is 15.9 Å². The monoisotopic (exact) mass is 496 g/mol. The van der Waals surface area contributed by atoms with E-state index >= 15 is 0 Å². The van der Waals surface area contributed by atoms with E-state index in [0.717, 1.165) is 28.0 Å². The Labute approximate surface area is 193 Å². The van der Waals surface area contributed by atoms with E-state index in [1.54, 1.807) is 22.8 Å². The number of imidazole rings is 1. The van der Waals surface area contributed by atoms with Crippen LogP contribution in [0.25, 0.3) is 11.0 Å². The molecule has 0 atom stereocenters. The number of piperazine rings is 1. The number of hydrogen-bond acceptors (Lipinski definition) is 4. The summed E-state index contributed by atoms with van der Waals surface area (Å²) in [6.45, 7) is 2.12. The molecule has 1 amide bonds. The molecule has 1 aliphatic rings. The van der Waals surface area contributed by atoms with Gasteiger partial charge in [-0.3, -0.25) is 13.9 Å². The molecule has 1 saturated heterocycles. The molecule has 0 N–H and O–H groups in total. The fraction of sp³-hybridized carbons (Fsp3) is 0.364. The van der Waals surface area contributed by atoms with E-state index in [9.17, 15) is 31.2 Å². The maximum atomic E-state index is 13.0. The minimum atomic E-state index is -4.66. The summed E-state index contributed by atoms with van der Waals surface area (Å²) in [4.78, 5) is 26.7. The average Bonchev–Trinajstić information content (AvgIpc) is 3.09. The Kier molecular flexibility index (Phi) is 6.30. The van der Waals surface area contributed by atoms with Crippen LogP contribution in [0.3, 0.4) is 0 Å². The zero-order valence-corrected chi connectivity index (χ0v) is 19.1. The second-order valence-electron chi connectivity index (χ2n) is 7.91. The number of rotatable bonds is 5. The van der Waals surface area contributed by atoms with Crippen LogP contribution in [0.15, 0.2) is 58.2 Å². The van der Waals surface area contributed by atoms with Gasteiger partial charge in [0.15, 0.2) is 0 Å². The third-order valence-electron chi connectivity index (χ3n) is 5.93. The lowest BCUT2D eigenvalue weighted by atomic mass is 10.2. The summed E-state index contributed by atoms with van der Waals surface area (Å²) in [7, 11) is -4.15. The number of carbonyl (C=O) groups excluding carboxylic acids is 1. The summed E-state index contributed by atoms with van der Waals surface area (Å²) >= 11 is 0. The van der Waals surface area contributed by atoms with E-state index in [1.807, 2.05) is 13.0 Å². The van der Waals surface area contributed by atoms with E-state index in [0.29, 0.717) is 18.1 Å². The Morgan fingerprint density at radius 1 is 0.941 bits per heavy atom. The van der Waals surface area contributed by atoms with Gasteiger partial charge in [-0.1, -0.05) is 18.2 Å². The van der Waals surface area contributed by atoms with Crippen LogP contribution in [0.5, 0.6) is 0 Å². The number of alkyl halides is 3. The molecule has 3 aromatic rings. The standard InChI is InChI=1S/C22H23F3N4O4S/c1-2-28-18-8-3-4-9-19(18)29(21(28)31)15-20(30)26-10-12-27(13-11-26)34(32,33)17-7-5-6-16(14-17)22(23,24)25/h3-9,14H,2,10-13,15H2,1H3. The van der Waals surface area contributed by atoms with Crippen molar-refractivity contribution in [2.45, 2.75) is 31.1 Å². The molecule has 1 aromatic heterocycles. The summed E-state index contributed by atoms with van der Waals surface area (Å²) in [6.07, 6.45) is -4.66. The minimum absolute atomic E-state index is 0.0596. The average molecular weight is 497 g/mol. The zero-order chi connectivity index (χ0) is 24.7. The Morgan fingerprint density at radius 3 is 2.15 bits per heavy atom. The van der Waals surface area contributed by atoms with Crippen molar-refractivity contribution in [1.82, 2.24) is 18.3 Å². The van der Waals surface area contributed by atoms with Crippen molar-refractivity contribution in [2.75, 3.05) is 26.2 Å². The van der Waals surface area contributed by atoms with Crippen molar-refractivity contribution in [1.29, 1.82) is 0 Å². The van der Waals surface area contributed by atoms with Crippen LogP contribution in [0, 0.1) is 0 Å². The summed E-state index contributed by atoms with van der Waals surface area (Å²) in [5.41, 5.74) is 0.00939. The molecule has 12 heteroatoms. The maximum absolute atomic E-state index is 13.0. The summed E-state index contributed by atoms with van der Waals surface area (Å²) in [5, 5.41) is 0. The SMILES string of the molecule is CCn1c(=O)n(CC(=O)N2CCN(S(=O)(=O)c3cccc(C(F)(F)F)c3)CC2)c2ccccc21. The molecule has 0 bridgehead atoms. The highest BCUT2D eigenvalue weighted by molar-refractivity contribution is 7.89. The van der Waals surface area contributed by atoms with E-state index < -0.39 is 26.7 Å². The van der Waals surface area contributed by atoms with Gasteiger partial charge in [-0.2, -0.15) is 17.5 Å². The molecule has 0 spiro atoms. The van der Waals surface area contributed by atoms with E-state index in [1.165, 1.54) is 9.47 Å². The third-order valence-corrected chi connectivity index (χ3v) is 7.82. The lowest BCUT2D eigenvalue weighted by Crippen LogP contribution is -2.51. The first-order chi connectivity index (χ1) is 16.0. The van der Waals surface area contributed by atoms with Crippen molar-refractivity contribution in [2.24, 2.45) is 0 Å². The van der Waals surface area contributed by atoms with Crippen molar-refractivity contribution in [3.8, 4) is 0 Å². The molecule has 2 heterocycles. The molecule has 2 aromatic carbocycles. The molecule has 182 valence electrons. The normalized spacial score (nSPS) is 15.7. The van der Waals surface area contributed by atoms with Gasteiger partial charge in [0, 0.05) is 32.7 Å². The fourth-order valence-corrected chi connectivity index (χ4v) is 5.59. The fourth-order valence-electron chi connectivity index (χ4n) is 4.13. The van der Waals surface area contributed by atoms with Crippen LogP contribution in [-0.2, 0) is 34.1 Å². The Morgan fingerprint density at radius 2 is 1.56 bits per heavy atom. The number of benzene rings is 2. The smallest absolute Gasteiger partial charge is 0.338 e. The Bertz CT molecular complexity index is 1390. The van der Waals surface area contributed by atoms with E-state index in [4.69, 9.17) is 0 Å². The number of carbonyl (C=O) groups is 1. The number of amides is 1. The predicted octanol–water partition coefficient (Wildman–Crippen LogP) is 2.37. The first-order valence-corrected chi connectivity index (χ1v) is 12.1. The van der Waals surface area contributed by atoms with E-state index in [2.05, 4.69) is 0 Å².